The molecular formula is C9H14FN3. The number of nitrogen functional groups attached to an aromatic ring is 1. The summed E-state index contributed by atoms with van der Waals surface area (Å²) in [6.07, 6.45) is 0. The third kappa shape index (κ3) is 2.32. The largest absolute Gasteiger partial charge is 0.397 e. The van der Waals surface area contributed by atoms with Crippen molar-refractivity contribution in [2.24, 2.45) is 5.73 Å². The normalized spacial score (nSPS) is 10.1. The van der Waals surface area contributed by atoms with Gasteiger partial charge in [0.25, 0.3) is 0 Å². The molecule has 4 heteroatoms. The summed E-state index contributed by atoms with van der Waals surface area (Å²) in [5.41, 5.74) is 12.3. The summed E-state index contributed by atoms with van der Waals surface area (Å²) in [7, 11) is 1.87. The van der Waals surface area contributed by atoms with Crippen molar-refractivity contribution in [3.05, 3.63) is 24.0 Å². The van der Waals surface area contributed by atoms with Gasteiger partial charge in [-0.15, -0.1) is 0 Å². The molecule has 0 heterocycles. The average molecular weight is 183 g/mol. The van der Waals surface area contributed by atoms with Gasteiger partial charge in [-0.25, -0.2) is 4.39 Å². The van der Waals surface area contributed by atoms with Crippen molar-refractivity contribution in [2.75, 3.05) is 30.8 Å². The second kappa shape index (κ2) is 4.09. The van der Waals surface area contributed by atoms with E-state index in [9.17, 15) is 4.39 Å². The molecule has 4 N–H and O–H groups in total. The molecule has 0 fully saturated rings. The second-order valence-corrected chi connectivity index (χ2v) is 2.91. The topological polar surface area (TPSA) is 55.3 Å². The summed E-state index contributed by atoms with van der Waals surface area (Å²) in [6.45, 7) is 1.25. The lowest BCUT2D eigenvalue weighted by molar-refractivity contribution is 0.628. The number of nitrogens with zero attached hydrogens (tertiary/aromatic N) is 1. The van der Waals surface area contributed by atoms with E-state index >= 15 is 0 Å². The summed E-state index contributed by atoms with van der Waals surface area (Å²) in [5.74, 6) is -0.317. The Morgan fingerprint density at radius 2 is 2.15 bits per heavy atom. The van der Waals surface area contributed by atoms with Crippen LogP contribution in [-0.4, -0.2) is 20.1 Å². The molecule has 0 unspecified atom stereocenters. The van der Waals surface area contributed by atoms with Crippen molar-refractivity contribution in [1.29, 1.82) is 0 Å². The molecule has 0 aliphatic heterocycles. The minimum absolute atomic E-state index is 0.317. The molecule has 0 aromatic heterocycles. The van der Waals surface area contributed by atoms with Gasteiger partial charge in [0.2, 0.25) is 0 Å². The van der Waals surface area contributed by atoms with Crippen molar-refractivity contribution >= 4 is 11.4 Å². The maximum Gasteiger partial charge on any atom is 0.125 e. The molecule has 0 bridgehead atoms. The first-order chi connectivity index (χ1) is 6.15. The quantitative estimate of drug-likeness (QED) is 0.681. The highest BCUT2D eigenvalue weighted by molar-refractivity contribution is 5.67. The Morgan fingerprint density at radius 1 is 1.46 bits per heavy atom. The van der Waals surface area contributed by atoms with Crippen LogP contribution < -0.4 is 16.4 Å². The van der Waals surface area contributed by atoms with Crippen LogP contribution in [0.3, 0.4) is 0 Å². The van der Waals surface area contributed by atoms with E-state index in [2.05, 4.69) is 0 Å². The molecule has 0 aliphatic rings. The van der Waals surface area contributed by atoms with E-state index in [4.69, 9.17) is 11.5 Å². The smallest absolute Gasteiger partial charge is 0.125 e. The maximum absolute atomic E-state index is 12.7. The number of hydrogen-bond donors (Lipinski definition) is 2. The van der Waals surface area contributed by atoms with Gasteiger partial charge in [-0.3, -0.25) is 0 Å². The fourth-order valence-corrected chi connectivity index (χ4v) is 1.19. The van der Waals surface area contributed by atoms with Crippen LogP contribution in [-0.2, 0) is 0 Å². The first-order valence-electron chi connectivity index (χ1n) is 4.11. The van der Waals surface area contributed by atoms with Crippen molar-refractivity contribution in [1.82, 2.24) is 0 Å². The first kappa shape index (κ1) is 9.80. The number of halogens is 1. The van der Waals surface area contributed by atoms with Crippen LogP contribution in [0.2, 0.25) is 0 Å². The zero-order valence-corrected chi connectivity index (χ0v) is 7.63. The highest BCUT2D eigenvalue weighted by Gasteiger charge is 2.04. The zero-order chi connectivity index (χ0) is 9.84. The van der Waals surface area contributed by atoms with Crippen LogP contribution in [0.25, 0.3) is 0 Å². The maximum atomic E-state index is 12.7. The summed E-state index contributed by atoms with van der Waals surface area (Å²) in [4.78, 5) is 1.90. The third-order valence-corrected chi connectivity index (χ3v) is 1.87. The molecule has 3 nitrogen and oxygen atoms in total. The summed E-state index contributed by atoms with van der Waals surface area (Å²) in [5, 5.41) is 0. The molecule has 0 spiro atoms. The van der Waals surface area contributed by atoms with Crippen LogP contribution in [0.15, 0.2) is 18.2 Å². The Balaban J connectivity index is 2.88. The van der Waals surface area contributed by atoms with Gasteiger partial charge in [0.15, 0.2) is 0 Å². The number of rotatable bonds is 3. The molecule has 0 saturated heterocycles. The molecule has 1 aromatic rings. The van der Waals surface area contributed by atoms with Crippen LogP contribution in [0.5, 0.6) is 0 Å². The Labute approximate surface area is 77.1 Å². The van der Waals surface area contributed by atoms with E-state index in [-0.39, 0.29) is 5.82 Å². The van der Waals surface area contributed by atoms with Crippen LogP contribution in [0, 0.1) is 5.82 Å². The third-order valence-electron chi connectivity index (χ3n) is 1.87. The van der Waals surface area contributed by atoms with E-state index < -0.39 is 0 Å². The van der Waals surface area contributed by atoms with Crippen LogP contribution in [0.1, 0.15) is 0 Å². The molecule has 72 valence electrons. The lowest BCUT2D eigenvalue weighted by Crippen LogP contribution is -2.25. The van der Waals surface area contributed by atoms with Crippen LogP contribution in [0.4, 0.5) is 15.8 Å². The standard InChI is InChI=1S/C9H14FN3/c1-13(5-4-11)9-3-2-7(10)6-8(9)12/h2-3,6H,4-5,11-12H2,1H3. The number of likely N-dealkylation sites (N-methyl/N-ethyl adjacent to an activating group) is 1. The predicted octanol–water partition coefficient (Wildman–Crippen LogP) is 0.803. The van der Waals surface area contributed by atoms with Gasteiger partial charge in [0.1, 0.15) is 5.82 Å². The SMILES string of the molecule is CN(CCN)c1ccc(F)cc1N. The van der Waals surface area contributed by atoms with Crippen LogP contribution >= 0.6 is 0 Å². The molecule has 13 heavy (non-hydrogen) atoms. The molecule has 0 saturated carbocycles. The lowest BCUT2D eigenvalue weighted by atomic mass is 10.2. The van der Waals surface area contributed by atoms with Gasteiger partial charge < -0.3 is 16.4 Å². The molecular weight excluding hydrogens is 169 g/mol. The zero-order valence-electron chi connectivity index (χ0n) is 7.63. The highest BCUT2D eigenvalue weighted by atomic mass is 19.1. The Kier molecular flexibility index (Phi) is 3.08. The fourth-order valence-electron chi connectivity index (χ4n) is 1.19. The monoisotopic (exact) mass is 183 g/mol. The summed E-state index contributed by atoms with van der Waals surface area (Å²) >= 11 is 0. The predicted molar refractivity (Wildman–Crippen MR) is 53.1 cm³/mol. The first-order valence-corrected chi connectivity index (χ1v) is 4.11. The minimum Gasteiger partial charge on any atom is -0.397 e. The van der Waals surface area contributed by atoms with Crippen molar-refractivity contribution in [3.8, 4) is 0 Å². The van der Waals surface area contributed by atoms with Gasteiger partial charge in [0, 0.05) is 20.1 Å². The molecule has 0 aliphatic carbocycles. The van der Waals surface area contributed by atoms with E-state index in [1.54, 1.807) is 6.07 Å². The van der Waals surface area contributed by atoms with Gasteiger partial charge in [-0.05, 0) is 18.2 Å². The number of anilines is 2. The molecule has 0 radical (unpaired) electrons. The molecule has 0 atom stereocenters. The van der Waals surface area contributed by atoms with Crippen molar-refractivity contribution < 1.29 is 4.39 Å². The molecule has 1 aromatic carbocycles. The lowest BCUT2D eigenvalue weighted by Gasteiger charge is -2.19. The molecule has 0 amide bonds. The van der Waals surface area contributed by atoms with Gasteiger partial charge in [-0.2, -0.15) is 0 Å². The fraction of sp³-hybridized carbons (Fsp3) is 0.333. The van der Waals surface area contributed by atoms with E-state index in [1.165, 1.54) is 12.1 Å². The summed E-state index contributed by atoms with van der Waals surface area (Å²) in [6, 6.07) is 4.35. The Bertz CT molecular complexity index is 288. The van der Waals surface area contributed by atoms with Crippen molar-refractivity contribution in [2.45, 2.75) is 0 Å². The Morgan fingerprint density at radius 3 is 2.69 bits per heavy atom. The minimum atomic E-state index is -0.317. The van der Waals surface area contributed by atoms with Crippen molar-refractivity contribution in [3.63, 3.8) is 0 Å². The van der Waals surface area contributed by atoms with E-state index in [0.29, 0.717) is 18.8 Å². The average Bonchev–Trinajstić information content (AvgIpc) is 2.04. The van der Waals surface area contributed by atoms with Gasteiger partial charge in [-0.1, -0.05) is 0 Å². The second-order valence-electron chi connectivity index (χ2n) is 2.91. The van der Waals surface area contributed by atoms with Gasteiger partial charge in [0.05, 0.1) is 11.4 Å². The highest BCUT2D eigenvalue weighted by Crippen LogP contribution is 2.22. The summed E-state index contributed by atoms with van der Waals surface area (Å²) < 4.78 is 12.7. The Hall–Kier alpha value is -1.29. The van der Waals surface area contributed by atoms with E-state index in [0.717, 1.165) is 5.69 Å². The number of hydrogen-bond acceptors (Lipinski definition) is 3. The van der Waals surface area contributed by atoms with E-state index in [1.807, 2.05) is 11.9 Å². The van der Waals surface area contributed by atoms with Gasteiger partial charge >= 0.3 is 0 Å². The number of benzene rings is 1. The number of nitrogens with two attached hydrogens (primary N) is 2. The molecule has 1 rings (SSSR count).